The van der Waals surface area contributed by atoms with Crippen LogP contribution < -0.4 is 15.4 Å². The smallest absolute Gasteiger partial charge is 0.407 e. The van der Waals surface area contributed by atoms with Gasteiger partial charge in [-0.3, -0.25) is 10.1 Å². The molecule has 186 valence electrons. The highest BCUT2D eigenvalue weighted by molar-refractivity contribution is 5.77. The Morgan fingerprint density at radius 2 is 1.71 bits per heavy atom. The minimum absolute atomic E-state index is 0.158. The predicted octanol–water partition coefficient (Wildman–Crippen LogP) is 3.21. The summed E-state index contributed by atoms with van der Waals surface area (Å²) in [6.45, 7) is 7.41. The molecule has 1 amide bonds. The van der Waals surface area contributed by atoms with Crippen LogP contribution in [0.3, 0.4) is 0 Å². The summed E-state index contributed by atoms with van der Waals surface area (Å²) in [5, 5.41) is 17.1. The van der Waals surface area contributed by atoms with E-state index in [2.05, 4.69) is 10.6 Å². The van der Waals surface area contributed by atoms with Gasteiger partial charge in [0.25, 0.3) is 0 Å². The molecule has 2 aromatic carbocycles. The zero-order chi connectivity index (χ0) is 25.1. The van der Waals surface area contributed by atoms with Gasteiger partial charge in [-0.05, 0) is 57.4 Å². The third-order valence-electron chi connectivity index (χ3n) is 4.96. The van der Waals surface area contributed by atoms with Crippen molar-refractivity contribution >= 4 is 12.1 Å². The number of ether oxygens (including phenoxy) is 3. The van der Waals surface area contributed by atoms with Crippen molar-refractivity contribution in [3.63, 3.8) is 0 Å². The van der Waals surface area contributed by atoms with Crippen molar-refractivity contribution in [3.05, 3.63) is 65.7 Å². The van der Waals surface area contributed by atoms with Crippen molar-refractivity contribution in [2.75, 3.05) is 13.7 Å². The number of hydrogen-bond donors (Lipinski definition) is 3. The second kappa shape index (κ2) is 13.0. The quantitative estimate of drug-likeness (QED) is 0.431. The third kappa shape index (κ3) is 9.03. The first-order chi connectivity index (χ1) is 16.1. The Bertz CT molecular complexity index is 913. The largest absolute Gasteiger partial charge is 0.497 e. The number of aliphatic hydroxyl groups excluding tert-OH is 1. The van der Waals surface area contributed by atoms with Crippen LogP contribution in [-0.4, -0.2) is 54.7 Å². The van der Waals surface area contributed by atoms with Crippen LogP contribution in [0, 0.1) is 0 Å². The lowest BCUT2D eigenvalue weighted by atomic mass is 9.96. The van der Waals surface area contributed by atoms with Crippen LogP contribution in [0.15, 0.2) is 54.6 Å². The molecule has 2 rings (SSSR count). The minimum atomic E-state index is -1.29. The third-order valence-corrected chi connectivity index (χ3v) is 4.96. The highest BCUT2D eigenvalue weighted by Gasteiger charge is 2.35. The average molecular weight is 473 g/mol. The van der Waals surface area contributed by atoms with Crippen LogP contribution >= 0.6 is 0 Å². The molecular weight excluding hydrogens is 436 g/mol. The highest BCUT2D eigenvalue weighted by Crippen LogP contribution is 2.15. The van der Waals surface area contributed by atoms with Gasteiger partial charge in [0.2, 0.25) is 0 Å². The molecule has 0 aliphatic carbocycles. The fourth-order valence-electron chi connectivity index (χ4n) is 3.40. The van der Waals surface area contributed by atoms with Gasteiger partial charge in [-0.2, -0.15) is 0 Å². The summed E-state index contributed by atoms with van der Waals surface area (Å²) in [6.07, 6.45) is -1.68. The summed E-state index contributed by atoms with van der Waals surface area (Å²) < 4.78 is 15.9. The molecule has 0 bridgehead atoms. The topological polar surface area (TPSA) is 106 Å². The van der Waals surface area contributed by atoms with Gasteiger partial charge in [-0.1, -0.05) is 42.5 Å². The molecule has 0 aliphatic heterocycles. The Balaban J connectivity index is 2.26. The molecule has 0 heterocycles. The van der Waals surface area contributed by atoms with E-state index < -0.39 is 35.9 Å². The van der Waals surface area contributed by atoms with E-state index in [1.807, 2.05) is 54.6 Å². The van der Waals surface area contributed by atoms with Crippen LogP contribution in [0.2, 0.25) is 0 Å². The number of rotatable bonds is 11. The molecule has 0 aromatic heterocycles. The summed E-state index contributed by atoms with van der Waals surface area (Å²) in [5.74, 6) is 0.0722. The second-order valence-electron chi connectivity index (χ2n) is 8.90. The van der Waals surface area contributed by atoms with E-state index in [9.17, 15) is 14.7 Å². The van der Waals surface area contributed by atoms with Crippen molar-refractivity contribution in [3.8, 4) is 5.75 Å². The highest BCUT2D eigenvalue weighted by atomic mass is 16.6. The molecule has 0 saturated carbocycles. The van der Waals surface area contributed by atoms with Gasteiger partial charge in [0.05, 0.1) is 19.8 Å². The lowest BCUT2D eigenvalue weighted by molar-refractivity contribution is -0.149. The summed E-state index contributed by atoms with van der Waals surface area (Å²) in [7, 11) is 1.58. The summed E-state index contributed by atoms with van der Waals surface area (Å²) in [5.41, 5.74) is 1.04. The molecule has 0 unspecified atom stereocenters. The standard InChI is InChI=1S/C26H36N2O6/c1-6-33-24(30)22(27-17-19-13-10-14-20(15-19)32-5)23(29)21(16-18-11-8-7-9-12-18)28-25(31)34-26(2,3)4/h7-15,21-23,27,29H,6,16-17H2,1-5H3,(H,28,31)/t21-,22+,23+/m0/s1. The number of hydrogen-bond acceptors (Lipinski definition) is 7. The van der Waals surface area contributed by atoms with Crippen molar-refractivity contribution in [2.45, 2.75) is 64.4 Å². The molecule has 3 N–H and O–H groups in total. The van der Waals surface area contributed by atoms with E-state index in [0.29, 0.717) is 5.75 Å². The van der Waals surface area contributed by atoms with Gasteiger partial charge >= 0.3 is 12.1 Å². The maximum absolute atomic E-state index is 12.8. The maximum Gasteiger partial charge on any atom is 0.407 e. The molecule has 8 nitrogen and oxygen atoms in total. The molecule has 0 spiro atoms. The molecule has 34 heavy (non-hydrogen) atoms. The van der Waals surface area contributed by atoms with Crippen molar-refractivity contribution < 1.29 is 28.9 Å². The molecule has 0 fully saturated rings. The monoisotopic (exact) mass is 472 g/mol. The van der Waals surface area contributed by atoms with Gasteiger partial charge < -0.3 is 24.6 Å². The van der Waals surface area contributed by atoms with Gasteiger partial charge in [-0.15, -0.1) is 0 Å². The zero-order valence-electron chi connectivity index (χ0n) is 20.5. The number of amides is 1. The number of alkyl carbamates (subject to hydrolysis) is 1. The number of carbonyl (C=O) groups is 2. The summed E-state index contributed by atoms with van der Waals surface area (Å²) in [6, 6.07) is 14.9. The normalized spacial score (nSPS) is 13.9. The number of benzene rings is 2. The van der Waals surface area contributed by atoms with Crippen LogP contribution in [0.5, 0.6) is 5.75 Å². The van der Waals surface area contributed by atoms with Gasteiger partial charge in [0, 0.05) is 6.54 Å². The van der Waals surface area contributed by atoms with Crippen molar-refractivity contribution in [1.29, 1.82) is 0 Å². The van der Waals surface area contributed by atoms with Crippen LogP contribution in [0.1, 0.15) is 38.8 Å². The molecule has 0 aliphatic rings. The van der Waals surface area contributed by atoms with E-state index in [0.717, 1.165) is 11.1 Å². The SMILES string of the molecule is CCOC(=O)[C@H](NCc1cccc(OC)c1)[C@H](O)[C@H](Cc1ccccc1)NC(=O)OC(C)(C)C. The number of nitrogens with one attached hydrogen (secondary N) is 2. The summed E-state index contributed by atoms with van der Waals surface area (Å²) in [4.78, 5) is 25.3. The van der Waals surface area contributed by atoms with Crippen molar-refractivity contribution in [2.24, 2.45) is 0 Å². The van der Waals surface area contributed by atoms with Gasteiger partial charge in [0.1, 0.15) is 23.5 Å². The first-order valence-corrected chi connectivity index (χ1v) is 11.4. The molecular formula is C26H36N2O6. The number of esters is 1. The van der Waals surface area contributed by atoms with Gasteiger partial charge in [0.15, 0.2) is 0 Å². The first kappa shape index (κ1) is 27.1. The Kier molecular flexibility index (Phi) is 10.3. The Hall–Kier alpha value is -3.10. The fraction of sp³-hybridized carbons (Fsp3) is 0.462. The van der Waals surface area contributed by atoms with E-state index in [1.54, 1.807) is 34.8 Å². The van der Waals surface area contributed by atoms with E-state index in [4.69, 9.17) is 14.2 Å². The number of aliphatic hydroxyl groups is 1. The molecule has 2 aromatic rings. The Morgan fingerprint density at radius 3 is 2.32 bits per heavy atom. The van der Waals surface area contributed by atoms with E-state index >= 15 is 0 Å². The Labute approximate surface area is 201 Å². The van der Waals surface area contributed by atoms with E-state index in [-0.39, 0.29) is 19.6 Å². The molecule has 8 heteroatoms. The molecule has 0 radical (unpaired) electrons. The van der Waals surface area contributed by atoms with Gasteiger partial charge in [-0.25, -0.2) is 4.79 Å². The second-order valence-corrected chi connectivity index (χ2v) is 8.90. The van der Waals surface area contributed by atoms with Crippen LogP contribution in [-0.2, 0) is 27.2 Å². The first-order valence-electron chi connectivity index (χ1n) is 11.4. The average Bonchev–Trinajstić information content (AvgIpc) is 2.78. The fourth-order valence-corrected chi connectivity index (χ4v) is 3.40. The maximum atomic E-state index is 12.8. The zero-order valence-corrected chi connectivity index (χ0v) is 20.5. The van der Waals surface area contributed by atoms with Crippen molar-refractivity contribution in [1.82, 2.24) is 10.6 Å². The number of carbonyl (C=O) groups excluding carboxylic acids is 2. The lowest BCUT2D eigenvalue weighted by Crippen LogP contribution is -2.57. The van der Waals surface area contributed by atoms with Crippen LogP contribution in [0.4, 0.5) is 4.79 Å². The Morgan fingerprint density at radius 1 is 1.03 bits per heavy atom. The summed E-state index contributed by atoms with van der Waals surface area (Å²) >= 11 is 0. The minimum Gasteiger partial charge on any atom is -0.497 e. The van der Waals surface area contributed by atoms with E-state index in [1.165, 1.54) is 0 Å². The van der Waals surface area contributed by atoms with Crippen LogP contribution in [0.25, 0.3) is 0 Å². The molecule has 0 saturated heterocycles. The lowest BCUT2D eigenvalue weighted by Gasteiger charge is -2.31. The molecule has 3 atom stereocenters. The number of methoxy groups -OCH3 is 1. The predicted molar refractivity (Wildman–Crippen MR) is 130 cm³/mol.